The fraction of sp³-hybridized carbons (Fsp3) is 0.188. The number of hydrogen-bond donors (Lipinski definition) is 2. The van der Waals surface area contributed by atoms with Crippen LogP contribution in [-0.4, -0.2) is 24.3 Å². The van der Waals surface area contributed by atoms with Crippen molar-refractivity contribution in [3.8, 4) is 11.5 Å². The monoisotopic (exact) mass is 331 g/mol. The highest BCUT2D eigenvalue weighted by atomic mass is 16.6. The van der Waals surface area contributed by atoms with Gasteiger partial charge in [0.05, 0.1) is 11.5 Å². The average Bonchev–Trinajstić information content (AvgIpc) is 2.57. The van der Waals surface area contributed by atoms with E-state index >= 15 is 0 Å². The Morgan fingerprint density at radius 1 is 1.12 bits per heavy atom. The maximum atomic E-state index is 11.7. The minimum Gasteiger partial charge on any atom is -0.494 e. The predicted octanol–water partition coefficient (Wildman–Crippen LogP) is 3.15. The Morgan fingerprint density at radius 2 is 1.79 bits per heavy atom. The molecular formula is C16H17N3O5. The van der Waals surface area contributed by atoms with E-state index < -0.39 is 11.0 Å². The van der Waals surface area contributed by atoms with Gasteiger partial charge in [-0.25, -0.2) is 4.79 Å². The van der Waals surface area contributed by atoms with Crippen LogP contribution in [0.1, 0.15) is 6.92 Å². The summed E-state index contributed by atoms with van der Waals surface area (Å²) in [5.41, 5.74) is 0.223. The van der Waals surface area contributed by atoms with Gasteiger partial charge in [0.1, 0.15) is 11.5 Å². The molecule has 0 aromatic heterocycles. The molecule has 0 unspecified atom stereocenters. The molecule has 126 valence electrons. The van der Waals surface area contributed by atoms with Gasteiger partial charge in [0.2, 0.25) is 0 Å². The second-order valence-electron chi connectivity index (χ2n) is 4.63. The van der Waals surface area contributed by atoms with Crippen LogP contribution in [0.3, 0.4) is 0 Å². The number of nitrogens with one attached hydrogen (secondary N) is 2. The fourth-order valence-electron chi connectivity index (χ4n) is 1.86. The van der Waals surface area contributed by atoms with Crippen LogP contribution < -0.4 is 20.1 Å². The Labute approximate surface area is 138 Å². The van der Waals surface area contributed by atoms with Crippen LogP contribution in [0.25, 0.3) is 0 Å². The van der Waals surface area contributed by atoms with Crippen molar-refractivity contribution in [2.24, 2.45) is 0 Å². The number of nitrogens with zero attached hydrogens (tertiary/aromatic N) is 1. The van der Waals surface area contributed by atoms with Crippen LogP contribution in [0, 0.1) is 10.1 Å². The summed E-state index contributed by atoms with van der Waals surface area (Å²) in [7, 11) is 0. The molecule has 0 aliphatic heterocycles. The molecule has 2 amide bonds. The number of anilines is 1. The van der Waals surface area contributed by atoms with Crippen molar-refractivity contribution in [2.75, 3.05) is 18.7 Å². The van der Waals surface area contributed by atoms with Crippen LogP contribution >= 0.6 is 0 Å². The minimum atomic E-state index is -0.530. The first-order valence-electron chi connectivity index (χ1n) is 7.23. The molecule has 0 aliphatic rings. The minimum absolute atomic E-state index is 0.0469. The van der Waals surface area contributed by atoms with Gasteiger partial charge in [-0.05, 0) is 37.3 Å². The number of nitro benzene ring substituents is 1. The highest BCUT2D eigenvalue weighted by Gasteiger charge is 2.07. The third-order valence-electron chi connectivity index (χ3n) is 2.92. The van der Waals surface area contributed by atoms with Gasteiger partial charge in [-0.2, -0.15) is 0 Å². The van der Waals surface area contributed by atoms with E-state index in [0.29, 0.717) is 18.0 Å². The predicted molar refractivity (Wildman–Crippen MR) is 88.4 cm³/mol. The summed E-state index contributed by atoms with van der Waals surface area (Å²) in [4.78, 5) is 21.9. The molecule has 0 spiro atoms. The number of benzene rings is 2. The SMILES string of the molecule is CCOc1ccc(OCNC(=O)Nc2cccc([N+](=O)[O-])c2)cc1. The quantitative estimate of drug-likeness (QED) is 0.461. The summed E-state index contributed by atoms with van der Waals surface area (Å²) in [6.45, 7) is 2.43. The van der Waals surface area contributed by atoms with Gasteiger partial charge < -0.3 is 20.1 Å². The molecule has 8 nitrogen and oxygen atoms in total. The van der Waals surface area contributed by atoms with Crippen molar-refractivity contribution in [1.29, 1.82) is 0 Å². The summed E-state index contributed by atoms with van der Waals surface area (Å²) in [5, 5.41) is 15.7. The van der Waals surface area contributed by atoms with Crippen molar-refractivity contribution in [3.63, 3.8) is 0 Å². The number of carbonyl (C=O) groups excluding carboxylic acids is 1. The lowest BCUT2D eigenvalue weighted by atomic mass is 10.3. The fourth-order valence-corrected chi connectivity index (χ4v) is 1.86. The number of non-ortho nitro benzene ring substituents is 1. The third kappa shape index (κ3) is 5.16. The van der Waals surface area contributed by atoms with Gasteiger partial charge in [-0.15, -0.1) is 0 Å². The van der Waals surface area contributed by atoms with E-state index in [2.05, 4.69) is 10.6 Å². The summed E-state index contributed by atoms with van der Waals surface area (Å²) in [5.74, 6) is 1.32. The molecule has 24 heavy (non-hydrogen) atoms. The van der Waals surface area contributed by atoms with Crippen LogP contribution in [0.15, 0.2) is 48.5 Å². The normalized spacial score (nSPS) is 9.88. The van der Waals surface area contributed by atoms with Crippen molar-refractivity contribution in [1.82, 2.24) is 5.32 Å². The van der Waals surface area contributed by atoms with Crippen LogP contribution in [0.5, 0.6) is 11.5 Å². The number of carbonyl (C=O) groups is 1. The molecule has 0 saturated carbocycles. The summed E-state index contributed by atoms with van der Waals surface area (Å²) in [6.07, 6.45) is 0. The lowest BCUT2D eigenvalue weighted by Crippen LogP contribution is -2.32. The first kappa shape index (κ1) is 17.1. The number of nitro groups is 1. The lowest BCUT2D eigenvalue weighted by Gasteiger charge is -2.10. The summed E-state index contributed by atoms with van der Waals surface area (Å²) in [6, 6.07) is 12.1. The molecule has 0 bridgehead atoms. The van der Waals surface area contributed by atoms with Gasteiger partial charge in [0.15, 0.2) is 6.73 Å². The zero-order valence-corrected chi connectivity index (χ0v) is 13.0. The van der Waals surface area contributed by atoms with E-state index in [1.165, 1.54) is 18.2 Å². The molecule has 8 heteroatoms. The Bertz CT molecular complexity index is 703. The Kier molecular flexibility index (Phi) is 5.95. The summed E-state index contributed by atoms with van der Waals surface area (Å²) >= 11 is 0. The molecule has 2 aromatic rings. The number of amides is 2. The zero-order chi connectivity index (χ0) is 17.4. The molecule has 0 radical (unpaired) electrons. The molecule has 0 aliphatic carbocycles. The molecule has 0 heterocycles. The number of ether oxygens (including phenoxy) is 2. The molecule has 0 saturated heterocycles. The average molecular weight is 331 g/mol. The first-order valence-corrected chi connectivity index (χ1v) is 7.23. The van der Waals surface area contributed by atoms with Crippen molar-refractivity contribution < 1.29 is 19.2 Å². The zero-order valence-electron chi connectivity index (χ0n) is 13.0. The molecule has 0 fully saturated rings. The van der Waals surface area contributed by atoms with E-state index in [1.54, 1.807) is 30.3 Å². The van der Waals surface area contributed by atoms with Gasteiger partial charge in [0.25, 0.3) is 5.69 Å². The summed E-state index contributed by atoms with van der Waals surface area (Å²) < 4.78 is 10.7. The second kappa shape index (κ2) is 8.37. The van der Waals surface area contributed by atoms with E-state index in [4.69, 9.17) is 9.47 Å². The van der Waals surface area contributed by atoms with E-state index in [1.807, 2.05) is 6.92 Å². The second-order valence-corrected chi connectivity index (χ2v) is 4.63. The van der Waals surface area contributed by atoms with Crippen LogP contribution in [-0.2, 0) is 0 Å². The first-order chi connectivity index (χ1) is 11.6. The lowest BCUT2D eigenvalue weighted by molar-refractivity contribution is -0.384. The van der Waals surface area contributed by atoms with E-state index in [9.17, 15) is 14.9 Å². The topological polar surface area (TPSA) is 103 Å². The number of urea groups is 1. The number of rotatable bonds is 7. The standard InChI is InChI=1S/C16H17N3O5/c1-2-23-14-6-8-15(9-7-14)24-11-17-16(20)18-12-4-3-5-13(10-12)19(21)22/h3-10H,2,11H2,1H3,(H2,17,18,20). The van der Waals surface area contributed by atoms with Gasteiger partial charge in [-0.1, -0.05) is 6.07 Å². The molecular weight excluding hydrogens is 314 g/mol. The highest BCUT2D eigenvalue weighted by molar-refractivity contribution is 5.89. The molecule has 2 aromatic carbocycles. The molecule has 2 rings (SSSR count). The van der Waals surface area contributed by atoms with Crippen LogP contribution in [0.4, 0.5) is 16.2 Å². The van der Waals surface area contributed by atoms with Gasteiger partial charge in [-0.3, -0.25) is 10.1 Å². The largest absolute Gasteiger partial charge is 0.494 e. The maximum absolute atomic E-state index is 11.7. The van der Waals surface area contributed by atoms with Crippen molar-refractivity contribution >= 4 is 17.4 Å². The highest BCUT2D eigenvalue weighted by Crippen LogP contribution is 2.18. The number of hydrogen-bond acceptors (Lipinski definition) is 5. The Hall–Kier alpha value is -3.29. The van der Waals surface area contributed by atoms with E-state index in [0.717, 1.165) is 5.75 Å². The molecule has 0 atom stereocenters. The maximum Gasteiger partial charge on any atom is 0.321 e. The van der Waals surface area contributed by atoms with Crippen LogP contribution in [0.2, 0.25) is 0 Å². The Morgan fingerprint density at radius 3 is 2.42 bits per heavy atom. The third-order valence-corrected chi connectivity index (χ3v) is 2.92. The van der Waals surface area contributed by atoms with E-state index in [-0.39, 0.29) is 12.4 Å². The van der Waals surface area contributed by atoms with Crippen molar-refractivity contribution in [3.05, 3.63) is 58.6 Å². The van der Waals surface area contributed by atoms with Crippen molar-refractivity contribution in [2.45, 2.75) is 6.92 Å². The van der Waals surface area contributed by atoms with Gasteiger partial charge >= 0.3 is 6.03 Å². The molecule has 2 N–H and O–H groups in total. The smallest absolute Gasteiger partial charge is 0.321 e. The van der Waals surface area contributed by atoms with Gasteiger partial charge in [0, 0.05) is 17.8 Å². The Balaban J connectivity index is 1.79.